The van der Waals surface area contributed by atoms with Crippen molar-refractivity contribution in [3.63, 3.8) is 0 Å². The Hall–Kier alpha value is -3.00. The molecule has 0 aliphatic carbocycles. The smallest absolute Gasteiger partial charge is 0.137 e. The monoisotopic (exact) mass is 293 g/mol. The van der Waals surface area contributed by atoms with E-state index in [1.54, 1.807) is 20.3 Å². The van der Waals surface area contributed by atoms with Gasteiger partial charge in [-0.05, 0) is 37.3 Å². The lowest BCUT2D eigenvalue weighted by molar-refractivity contribution is 0.404. The molecule has 2 aromatic heterocycles. The molecular formula is C17H15N3O2. The van der Waals surface area contributed by atoms with Crippen molar-refractivity contribution in [3.05, 3.63) is 47.8 Å². The predicted octanol–water partition coefficient (Wildman–Crippen LogP) is 3.20. The van der Waals surface area contributed by atoms with Gasteiger partial charge in [-0.15, -0.1) is 0 Å². The van der Waals surface area contributed by atoms with Gasteiger partial charge in [-0.3, -0.25) is 0 Å². The van der Waals surface area contributed by atoms with Crippen molar-refractivity contribution in [2.24, 2.45) is 0 Å². The van der Waals surface area contributed by atoms with E-state index in [-0.39, 0.29) is 0 Å². The third kappa shape index (κ3) is 2.15. The van der Waals surface area contributed by atoms with E-state index < -0.39 is 0 Å². The Morgan fingerprint density at radius 3 is 2.64 bits per heavy atom. The number of hydrogen-bond donors (Lipinski definition) is 0. The lowest BCUT2D eigenvalue weighted by Crippen LogP contribution is -1.93. The molecule has 1 aromatic carbocycles. The summed E-state index contributed by atoms with van der Waals surface area (Å²) in [4.78, 5) is 4.62. The molecule has 0 atom stereocenters. The second-order valence-corrected chi connectivity index (χ2v) is 4.86. The maximum Gasteiger partial charge on any atom is 0.137 e. The van der Waals surface area contributed by atoms with Gasteiger partial charge in [0.1, 0.15) is 23.2 Å². The number of fused-ring (bicyclic) bond motifs is 1. The fraction of sp³-hybridized carbons (Fsp3) is 0.176. The van der Waals surface area contributed by atoms with Gasteiger partial charge in [0, 0.05) is 17.5 Å². The summed E-state index contributed by atoms with van der Waals surface area (Å²) in [5.74, 6) is 1.46. The Morgan fingerprint density at radius 1 is 1.14 bits per heavy atom. The highest BCUT2D eigenvalue weighted by Gasteiger charge is 2.13. The number of ether oxygens (including phenoxy) is 2. The lowest BCUT2D eigenvalue weighted by Gasteiger charge is -2.08. The first kappa shape index (κ1) is 14.0. The van der Waals surface area contributed by atoms with Crippen molar-refractivity contribution in [1.82, 2.24) is 9.38 Å². The average Bonchev–Trinajstić information content (AvgIpc) is 2.99. The van der Waals surface area contributed by atoms with Gasteiger partial charge in [0.05, 0.1) is 25.5 Å². The van der Waals surface area contributed by atoms with Crippen molar-refractivity contribution in [2.45, 2.75) is 6.92 Å². The number of benzene rings is 1. The second-order valence-electron chi connectivity index (χ2n) is 4.86. The minimum Gasteiger partial charge on any atom is -0.497 e. The fourth-order valence-electron chi connectivity index (χ4n) is 2.45. The number of aromatic nitrogens is 2. The number of hydrogen-bond acceptors (Lipinski definition) is 4. The molecule has 0 spiro atoms. The first-order valence-corrected chi connectivity index (χ1v) is 6.79. The molecule has 5 heteroatoms. The van der Waals surface area contributed by atoms with Gasteiger partial charge >= 0.3 is 0 Å². The van der Waals surface area contributed by atoms with Crippen LogP contribution in [0.25, 0.3) is 16.9 Å². The van der Waals surface area contributed by atoms with E-state index >= 15 is 0 Å². The third-order valence-electron chi connectivity index (χ3n) is 3.69. The Bertz CT molecular complexity index is 891. The molecule has 2 heterocycles. The van der Waals surface area contributed by atoms with E-state index in [2.05, 4.69) is 11.1 Å². The predicted molar refractivity (Wildman–Crippen MR) is 83.2 cm³/mol. The number of methoxy groups -OCH3 is 2. The fourth-order valence-corrected chi connectivity index (χ4v) is 2.45. The van der Waals surface area contributed by atoms with E-state index in [0.717, 1.165) is 34.1 Å². The van der Waals surface area contributed by atoms with Crippen LogP contribution in [0, 0.1) is 18.3 Å². The molecule has 0 aliphatic rings. The molecule has 0 unspecified atom stereocenters. The maximum atomic E-state index is 9.13. The topological polar surface area (TPSA) is 59.5 Å². The Kier molecular flexibility index (Phi) is 3.43. The Balaban J connectivity index is 2.23. The molecule has 0 saturated heterocycles. The van der Waals surface area contributed by atoms with Crippen LogP contribution in [-0.4, -0.2) is 23.6 Å². The van der Waals surface area contributed by atoms with Gasteiger partial charge in [-0.25, -0.2) is 4.98 Å². The zero-order chi connectivity index (χ0) is 15.7. The summed E-state index contributed by atoms with van der Waals surface area (Å²) in [7, 11) is 3.25. The van der Waals surface area contributed by atoms with Gasteiger partial charge < -0.3 is 13.9 Å². The molecule has 22 heavy (non-hydrogen) atoms. The molecule has 5 nitrogen and oxygen atoms in total. The maximum absolute atomic E-state index is 9.13. The van der Waals surface area contributed by atoms with Crippen LogP contribution in [0.1, 0.15) is 11.3 Å². The Labute approximate surface area is 128 Å². The zero-order valence-electron chi connectivity index (χ0n) is 12.6. The second kappa shape index (κ2) is 5.41. The number of rotatable bonds is 3. The van der Waals surface area contributed by atoms with E-state index in [4.69, 9.17) is 14.7 Å². The molecule has 0 N–H and O–H groups in total. The SMILES string of the molecule is COc1ccc(OC)c(-c2cn3c(C)c(C#N)ccc3n2)c1. The number of imidazole rings is 1. The molecule has 0 radical (unpaired) electrons. The highest BCUT2D eigenvalue weighted by atomic mass is 16.5. The first-order valence-electron chi connectivity index (χ1n) is 6.79. The number of nitrogens with zero attached hydrogens (tertiary/aromatic N) is 3. The summed E-state index contributed by atoms with van der Waals surface area (Å²) in [6.07, 6.45) is 1.91. The van der Waals surface area contributed by atoms with Crippen molar-refractivity contribution in [2.75, 3.05) is 14.2 Å². The molecule has 0 saturated carbocycles. The summed E-state index contributed by atoms with van der Waals surface area (Å²) in [6, 6.07) is 11.4. The molecule has 3 rings (SSSR count). The summed E-state index contributed by atoms with van der Waals surface area (Å²) in [5.41, 5.74) is 3.91. The van der Waals surface area contributed by atoms with E-state index in [9.17, 15) is 0 Å². The summed E-state index contributed by atoms with van der Waals surface area (Å²) < 4.78 is 12.6. The largest absolute Gasteiger partial charge is 0.497 e. The van der Waals surface area contributed by atoms with Gasteiger partial charge in [-0.1, -0.05) is 0 Å². The Morgan fingerprint density at radius 2 is 1.95 bits per heavy atom. The highest BCUT2D eigenvalue weighted by Crippen LogP contribution is 2.33. The van der Waals surface area contributed by atoms with Crippen molar-refractivity contribution in [1.29, 1.82) is 5.26 Å². The number of nitriles is 1. The van der Waals surface area contributed by atoms with E-state index in [0.29, 0.717) is 5.56 Å². The molecular weight excluding hydrogens is 278 g/mol. The third-order valence-corrected chi connectivity index (χ3v) is 3.69. The minimum atomic E-state index is 0.633. The van der Waals surface area contributed by atoms with Crippen LogP contribution in [0.3, 0.4) is 0 Å². The van der Waals surface area contributed by atoms with Gasteiger partial charge in [0.15, 0.2) is 0 Å². The molecule has 0 fully saturated rings. The molecule has 3 aromatic rings. The van der Waals surface area contributed by atoms with Crippen molar-refractivity contribution >= 4 is 5.65 Å². The van der Waals surface area contributed by atoms with Crippen LogP contribution in [0.2, 0.25) is 0 Å². The highest BCUT2D eigenvalue weighted by molar-refractivity contribution is 5.71. The number of aryl methyl sites for hydroxylation is 1. The van der Waals surface area contributed by atoms with Crippen LogP contribution in [-0.2, 0) is 0 Å². The first-order chi connectivity index (χ1) is 10.7. The lowest BCUT2D eigenvalue weighted by atomic mass is 10.1. The van der Waals surface area contributed by atoms with Crippen LogP contribution in [0.15, 0.2) is 36.5 Å². The molecule has 0 bridgehead atoms. The van der Waals surface area contributed by atoms with Crippen LogP contribution in [0.5, 0.6) is 11.5 Å². The van der Waals surface area contributed by atoms with Gasteiger partial charge in [0.25, 0.3) is 0 Å². The summed E-state index contributed by atoms with van der Waals surface area (Å²) in [6.45, 7) is 1.90. The normalized spacial score (nSPS) is 10.5. The van der Waals surface area contributed by atoms with E-state index in [1.165, 1.54) is 0 Å². The quantitative estimate of drug-likeness (QED) is 0.744. The summed E-state index contributed by atoms with van der Waals surface area (Å²) in [5, 5.41) is 9.13. The molecule has 110 valence electrons. The van der Waals surface area contributed by atoms with Crippen molar-refractivity contribution in [3.8, 4) is 28.8 Å². The van der Waals surface area contributed by atoms with Crippen molar-refractivity contribution < 1.29 is 9.47 Å². The van der Waals surface area contributed by atoms with Gasteiger partial charge in [0.2, 0.25) is 0 Å². The summed E-state index contributed by atoms with van der Waals surface area (Å²) >= 11 is 0. The van der Waals surface area contributed by atoms with Gasteiger partial charge in [-0.2, -0.15) is 5.26 Å². The number of pyridine rings is 1. The molecule has 0 amide bonds. The zero-order valence-corrected chi connectivity index (χ0v) is 12.6. The minimum absolute atomic E-state index is 0.633. The molecule has 0 aliphatic heterocycles. The average molecular weight is 293 g/mol. The van der Waals surface area contributed by atoms with Crippen LogP contribution < -0.4 is 9.47 Å². The standard InChI is InChI=1S/C17H15N3O2/c1-11-12(9-18)4-7-17-19-15(10-20(11)17)14-8-13(21-2)5-6-16(14)22-3/h4-8,10H,1-3H3. The van der Waals surface area contributed by atoms with E-state index in [1.807, 2.05) is 41.8 Å². The van der Waals surface area contributed by atoms with Crippen LogP contribution in [0.4, 0.5) is 0 Å². The van der Waals surface area contributed by atoms with Crippen LogP contribution >= 0.6 is 0 Å².